The first-order chi connectivity index (χ1) is 9.10. The average Bonchev–Trinajstić information content (AvgIpc) is 2.37. The predicted octanol–water partition coefficient (Wildman–Crippen LogP) is 3.99. The molecule has 0 bridgehead atoms. The number of benzene rings is 1. The van der Waals surface area contributed by atoms with Crippen LogP contribution in [0.25, 0.3) is 0 Å². The Balaban J connectivity index is 2.25. The van der Waals surface area contributed by atoms with Crippen molar-refractivity contribution in [1.29, 1.82) is 0 Å². The normalized spacial score (nSPS) is 10.5. The summed E-state index contributed by atoms with van der Waals surface area (Å²) in [5.74, 6) is 1.02. The summed E-state index contributed by atoms with van der Waals surface area (Å²) in [4.78, 5) is 4.28. The van der Waals surface area contributed by atoms with Crippen LogP contribution in [0.15, 0.2) is 30.5 Å². The van der Waals surface area contributed by atoms with Gasteiger partial charge < -0.3 is 10.5 Å². The molecule has 0 aliphatic rings. The Morgan fingerprint density at radius 1 is 1.26 bits per heavy atom. The Morgan fingerprint density at radius 3 is 2.74 bits per heavy atom. The van der Waals surface area contributed by atoms with Crippen molar-refractivity contribution < 1.29 is 4.74 Å². The van der Waals surface area contributed by atoms with Gasteiger partial charge in [0.05, 0.1) is 5.02 Å². The lowest BCUT2D eigenvalue weighted by Gasteiger charge is -2.10. The van der Waals surface area contributed by atoms with Gasteiger partial charge >= 0.3 is 0 Å². The summed E-state index contributed by atoms with van der Waals surface area (Å²) in [6.07, 6.45) is 2.56. The highest BCUT2D eigenvalue weighted by Crippen LogP contribution is 2.32. The van der Waals surface area contributed by atoms with Gasteiger partial charge in [0.2, 0.25) is 5.88 Å². The zero-order valence-corrected chi connectivity index (χ0v) is 12.0. The molecule has 0 amide bonds. The highest BCUT2D eigenvalue weighted by atomic mass is 35.5. The largest absolute Gasteiger partial charge is 0.437 e. The Morgan fingerprint density at radius 2 is 2.05 bits per heavy atom. The maximum absolute atomic E-state index is 6.05. The molecule has 2 N–H and O–H groups in total. The Kier molecular flexibility index (Phi) is 4.64. The minimum Gasteiger partial charge on any atom is -0.437 e. The SMILES string of the molecule is Cc1cc(CCN)cnc1Oc1cc(Cl)ccc1Cl. The molecule has 1 heterocycles. The molecule has 2 rings (SSSR count). The maximum Gasteiger partial charge on any atom is 0.222 e. The summed E-state index contributed by atoms with van der Waals surface area (Å²) in [5, 5.41) is 1.06. The second kappa shape index (κ2) is 6.24. The minimum atomic E-state index is 0.497. The van der Waals surface area contributed by atoms with E-state index >= 15 is 0 Å². The van der Waals surface area contributed by atoms with E-state index in [4.69, 9.17) is 33.7 Å². The van der Waals surface area contributed by atoms with Crippen LogP contribution in [0.3, 0.4) is 0 Å². The molecule has 0 aliphatic heterocycles. The molecule has 0 radical (unpaired) electrons. The monoisotopic (exact) mass is 296 g/mol. The van der Waals surface area contributed by atoms with E-state index < -0.39 is 0 Å². The molecule has 0 fully saturated rings. The molecule has 2 aromatic rings. The summed E-state index contributed by atoms with van der Waals surface area (Å²) in [6.45, 7) is 2.53. The molecule has 0 atom stereocenters. The number of aromatic nitrogens is 1. The first-order valence-electron chi connectivity index (χ1n) is 5.88. The molecule has 0 aliphatic carbocycles. The third kappa shape index (κ3) is 3.60. The van der Waals surface area contributed by atoms with Crippen molar-refractivity contribution in [2.45, 2.75) is 13.3 Å². The topological polar surface area (TPSA) is 48.1 Å². The molecular formula is C14H14Cl2N2O. The van der Waals surface area contributed by atoms with Crippen LogP contribution in [-0.2, 0) is 6.42 Å². The first kappa shape index (κ1) is 14.1. The van der Waals surface area contributed by atoms with Gasteiger partial charge in [-0.05, 0) is 43.7 Å². The maximum atomic E-state index is 6.05. The lowest BCUT2D eigenvalue weighted by atomic mass is 10.1. The second-order valence-corrected chi connectivity index (χ2v) is 5.02. The molecular weight excluding hydrogens is 283 g/mol. The van der Waals surface area contributed by atoms with E-state index in [1.54, 1.807) is 24.4 Å². The molecule has 0 saturated heterocycles. The summed E-state index contributed by atoms with van der Waals surface area (Å²) in [6, 6.07) is 7.07. The van der Waals surface area contributed by atoms with Gasteiger partial charge in [0.15, 0.2) is 0 Å². The van der Waals surface area contributed by atoms with Gasteiger partial charge in [-0.2, -0.15) is 0 Å². The molecule has 0 spiro atoms. The van der Waals surface area contributed by atoms with E-state index in [9.17, 15) is 0 Å². The minimum absolute atomic E-state index is 0.497. The van der Waals surface area contributed by atoms with Crippen LogP contribution < -0.4 is 10.5 Å². The third-order valence-electron chi connectivity index (χ3n) is 2.62. The van der Waals surface area contributed by atoms with Crippen LogP contribution in [-0.4, -0.2) is 11.5 Å². The number of hydrogen-bond acceptors (Lipinski definition) is 3. The molecule has 19 heavy (non-hydrogen) atoms. The number of nitrogens with two attached hydrogens (primary N) is 1. The molecule has 3 nitrogen and oxygen atoms in total. The van der Waals surface area contributed by atoms with Crippen molar-refractivity contribution in [3.05, 3.63) is 51.6 Å². The highest BCUT2D eigenvalue weighted by Gasteiger charge is 2.08. The van der Waals surface area contributed by atoms with Gasteiger partial charge in [-0.1, -0.05) is 23.2 Å². The van der Waals surface area contributed by atoms with Crippen molar-refractivity contribution in [3.8, 4) is 11.6 Å². The third-order valence-corrected chi connectivity index (χ3v) is 3.17. The van der Waals surface area contributed by atoms with E-state index in [1.165, 1.54) is 0 Å². The standard InChI is InChI=1S/C14H14Cl2N2O/c1-9-6-10(4-5-17)8-18-14(9)19-13-7-11(15)2-3-12(13)16/h2-3,6-8H,4-5,17H2,1H3. The fourth-order valence-electron chi connectivity index (χ4n) is 1.69. The molecule has 0 unspecified atom stereocenters. The number of rotatable bonds is 4. The number of hydrogen-bond donors (Lipinski definition) is 1. The second-order valence-electron chi connectivity index (χ2n) is 4.18. The van der Waals surface area contributed by atoms with Crippen molar-refractivity contribution >= 4 is 23.2 Å². The van der Waals surface area contributed by atoms with Crippen molar-refractivity contribution in [2.75, 3.05) is 6.54 Å². The zero-order chi connectivity index (χ0) is 13.8. The number of aryl methyl sites for hydroxylation is 1. The van der Waals surface area contributed by atoms with E-state index in [0.717, 1.165) is 17.5 Å². The van der Waals surface area contributed by atoms with Crippen molar-refractivity contribution in [3.63, 3.8) is 0 Å². The Bertz CT molecular complexity index is 588. The average molecular weight is 297 g/mol. The molecule has 100 valence electrons. The van der Waals surface area contributed by atoms with E-state index in [-0.39, 0.29) is 0 Å². The summed E-state index contributed by atoms with van der Waals surface area (Å²) < 4.78 is 5.70. The summed E-state index contributed by atoms with van der Waals surface area (Å²) in [7, 11) is 0. The van der Waals surface area contributed by atoms with Crippen molar-refractivity contribution in [2.24, 2.45) is 5.73 Å². The quantitative estimate of drug-likeness (QED) is 0.928. The molecule has 5 heteroatoms. The first-order valence-corrected chi connectivity index (χ1v) is 6.64. The summed E-state index contributed by atoms with van der Waals surface area (Å²) >= 11 is 12.0. The van der Waals surface area contributed by atoms with Gasteiger partial charge in [-0.3, -0.25) is 0 Å². The smallest absolute Gasteiger partial charge is 0.222 e. The Labute approximate surface area is 122 Å². The lowest BCUT2D eigenvalue weighted by molar-refractivity contribution is 0.458. The highest BCUT2D eigenvalue weighted by molar-refractivity contribution is 6.34. The van der Waals surface area contributed by atoms with Gasteiger partial charge in [0.25, 0.3) is 0 Å². The number of pyridine rings is 1. The molecule has 0 saturated carbocycles. The summed E-state index contributed by atoms with van der Waals surface area (Å²) in [5.41, 5.74) is 7.54. The van der Waals surface area contributed by atoms with E-state index in [1.807, 2.05) is 13.0 Å². The van der Waals surface area contributed by atoms with Gasteiger partial charge in [0, 0.05) is 22.8 Å². The van der Waals surface area contributed by atoms with E-state index in [0.29, 0.717) is 28.2 Å². The van der Waals surface area contributed by atoms with Crippen LogP contribution >= 0.6 is 23.2 Å². The fourth-order valence-corrected chi connectivity index (χ4v) is 2.01. The lowest BCUT2D eigenvalue weighted by Crippen LogP contribution is -2.03. The van der Waals surface area contributed by atoms with Crippen LogP contribution in [0.2, 0.25) is 10.0 Å². The van der Waals surface area contributed by atoms with Crippen LogP contribution in [0, 0.1) is 6.92 Å². The van der Waals surface area contributed by atoms with Crippen LogP contribution in [0.5, 0.6) is 11.6 Å². The van der Waals surface area contributed by atoms with Crippen molar-refractivity contribution in [1.82, 2.24) is 4.98 Å². The van der Waals surface area contributed by atoms with Crippen LogP contribution in [0.1, 0.15) is 11.1 Å². The van der Waals surface area contributed by atoms with E-state index in [2.05, 4.69) is 4.98 Å². The fraction of sp³-hybridized carbons (Fsp3) is 0.214. The number of ether oxygens (including phenoxy) is 1. The van der Waals surface area contributed by atoms with Crippen LogP contribution in [0.4, 0.5) is 0 Å². The zero-order valence-electron chi connectivity index (χ0n) is 10.5. The van der Waals surface area contributed by atoms with Gasteiger partial charge in [-0.15, -0.1) is 0 Å². The number of nitrogens with zero attached hydrogens (tertiary/aromatic N) is 1. The Hall–Kier alpha value is -1.29. The number of halogens is 2. The van der Waals surface area contributed by atoms with Gasteiger partial charge in [0.1, 0.15) is 5.75 Å². The molecule has 1 aromatic carbocycles. The molecule has 1 aromatic heterocycles. The van der Waals surface area contributed by atoms with Gasteiger partial charge in [-0.25, -0.2) is 4.98 Å². The predicted molar refractivity (Wildman–Crippen MR) is 78.3 cm³/mol.